The molecule has 3 rings (SSSR count). The quantitative estimate of drug-likeness (QED) is 0.799. The third-order valence-electron chi connectivity index (χ3n) is 5.05. The van der Waals surface area contributed by atoms with Gasteiger partial charge >= 0.3 is 0 Å². The Morgan fingerprint density at radius 1 is 1.39 bits per heavy atom. The van der Waals surface area contributed by atoms with Crippen LogP contribution in [0.15, 0.2) is 0 Å². The highest BCUT2D eigenvalue weighted by Crippen LogP contribution is 2.40. The van der Waals surface area contributed by atoms with Crippen LogP contribution in [0, 0.1) is 17.3 Å². The minimum Gasteiger partial charge on any atom is -0.356 e. The number of amides is 2. The first-order chi connectivity index (χ1) is 8.60. The maximum Gasteiger partial charge on any atom is 0.225 e. The molecule has 1 saturated carbocycles. The van der Waals surface area contributed by atoms with Crippen LogP contribution in [0.25, 0.3) is 0 Å². The molecule has 1 spiro atoms. The zero-order chi connectivity index (χ0) is 12.8. The molecule has 1 atom stereocenters. The number of rotatable bonds is 2. The molecule has 100 valence electrons. The second-order valence-electron chi connectivity index (χ2n) is 6.40. The number of nitrogens with zero attached hydrogens (tertiary/aromatic N) is 1. The Hall–Kier alpha value is -1.06. The number of carbonyl (C=O) groups is 2. The second kappa shape index (κ2) is 4.25. The van der Waals surface area contributed by atoms with E-state index >= 15 is 0 Å². The highest BCUT2D eigenvalue weighted by atomic mass is 16.2. The second-order valence-corrected chi connectivity index (χ2v) is 6.40. The molecular formula is C14H22N2O2. The predicted molar refractivity (Wildman–Crippen MR) is 67.8 cm³/mol. The van der Waals surface area contributed by atoms with Crippen LogP contribution in [0.1, 0.15) is 39.0 Å². The SMILES string of the molecule is CC(C(=O)N1CCC2(CC1)CNC(=O)C2)C1CC1. The van der Waals surface area contributed by atoms with Crippen molar-refractivity contribution in [3.63, 3.8) is 0 Å². The Morgan fingerprint density at radius 2 is 2.06 bits per heavy atom. The fraction of sp³-hybridized carbons (Fsp3) is 0.857. The number of carbonyl (C=O) groups excluding carboxylic acids is 2. The lowest BCUT2D eigenvalue weighted by Gasteiger charge is -2.39. The summed E-state index contributed by atoms with van der Waals surface area (Å²) in [5.74, 6) is 1.37. The van der Waals surface area contributed by atoms with Gasteiger partial charge in [-0.25, -0.2) is 0 Å². The third kappa shape index (κ3) is 2.13. The van der Waals surface area contributed by atoms with E-state index in [1.165, 1.54) is 12.8 Å². The van der Waals surface area contributed by atoms with Crippen molar-refractivity contribution in [1.82, 2.24) is 10.2 Å². The van der Waals surface area contributed by atoms with Crippen LogP contribution in [0.2, 0.25) is 0 Å². The summed E-state index contributed by atoms with van der Waals surface area (Å²) >= 11 is 0. The van der Waals surface area contributed by atoms with Crippen molar-refractivity contribution in [3.05, 3.63) is 0 Å². The number of hydrogen-bond acceptors (Lipinski definition) is 2. The first-order valence-corrected chi connectivity index (χ1v) is 7.15. The molecule has 2 saturated heterocycles. The van der Waals surface area contributed by atoms with E-state index in [-0.39, 0.29) is 17.2 Å². The standard InChI is InChI=1S/C14H22N2O2/c1-10(11-2-3-11)13(18)16-6-4-14(5-7-16)8-12(17)15-9-14/h10-11H,2-9H2,1H3,(H,15,17). The lowest BCUT2D eigenvalue weighted by molar-refractivity contribution is -0.137. The summed E-state index contributed by atoms with van der Waals surface area (Å²) in [6, 6.07) is 0. The molecule has 3 fully saturated rings. The molecule has 0 aromatic heterocycles. The molecule has 18 heavy (non-hydrogen) atoms. The van der Waals surface area contributed by atoms with Crippen LogP contribution in [0.3, 0.4) is 0 Å². The number of nitrogens with one attached hydrogen (secondary N) is 1. The van der Waals surface area contributed by atoms with Crippen molar-refractivity contribution in [2.45, 2.75) is 39.0 Å². The molecule has 2 amide bonds. The van der Waals surface area contributed by atoms with E-state index < -0.39 is 0 Å². The topological polar surface area (TPSA) is 49.4 Å². The summed E-state index contributed by atoms with van der Waals surface area (Å²) in [4.78, 5) is 25.7. The van der Waals surface area contributed by atoms with E-state index in [1.54, 1.807) is 0 Å². The lowest BCUT2D eigenvalue weighted by atomic mass is 9.77. The number of hydrogen-bond donors (Lipinski definition) is 1. The van der Waals surface area contributed by atoms with E-state index in [0.29, 0.717) is 18.2 Å². The van der Waals surface area contributed by atoms with Crippen molar-refractivity contribution in [2.24, 2.45) is 17.3 Å². The number of piperidine rings is 1. The molecule has 4 nitrogen and oxygen atoms in total. The van der Waals surface area contributed by atoms with E-state index in [9.17, 15) is 9.59 Å². The monoisotopic (exact) mass is 250 g/mol. The van der Waals surface area contributed by atoms with Gasteiger partial charge in [-0.1, -0.05) is 6.92 Å². The summed E-state index contributed by atoms with van der Waals surface area (Å²) in [5, 5.41) is 2.93. The van der Waals surface area contributed by atoms with Gasteiger partial charge in [0.2, 0.25) is 11.8 Å². The van der Waals surface area contributed by atoms with Crippen LogP contribution in [-0.4, -0.2) is 36.3 Å². The van der Waals surface area contributed by atoms with Gasteiger partial charge in [-0.2, -0.15) is 0 Å². The summed E-state index contributed by atoms with van der Waals surface area (Å²) in [6.45, 7) is 4.56. The Morgan fingerprint density at radius 3 is 2.56 bits per heavy atom. The zero-order valence-electron chi connectivity index (χ0n) is 11.1. The van der Waals surface area contributed by atoms with Crippen LogP contribution in [0.4, 0.5) is 0 Å². The maximum atomic E-state index is 12.3. The van der Waals surface area contributed by atoms with Crippen LogP contribution in [0.5, 0.6) is 0 Å². The van der Waals surface area contributed by atoms with E-state index in [4.69, 9.17) is 0 Å². The van der Waals surface area contributed by atoms with Gasteiger partial charge in [-0.3, -0.25) is 9.59 Å². The van der Waals surface area contributed by atoms with E-state index in [0.717, 1.165) is 32.5 Å². The summed E-state index contributed by atoms with van der Waals surface area (Å²) in [5.41, 5.74) is 0.149. The molecule has 2 aliphatic heterocycles. The highest BCUT2D eigenvalue weighted by Gasteiger charge is 2.43. The first-order valence-electron chi connectivity index (χ1n) is 7.15. The van der Waals surface area contributed by atoms with E-state index in [2.05, 4.69) is 12.2 Å². The fourth-order valence-corrected chi connectivity index (χ4v) is 3.39. The molecule has 3 aliphatic rings. The molecule has 1 unspecified atom stereocenters. The molecule has 0 bridgehead atoms. The van der Waals surface area contributed by atoms with Crippen LogP contribution < -0.4 is 5.32 Å². The Balaban J connectivity index is 1.56. The minimum atomic E-state index is 0.149. The molecule has 2 heterocycles. The van der Waals surface area contributed by atoms with Crippen molar-refractivity contribution in [3.8, 4) is 0 Å². The third-order valence-corrected chi connectivity index (χ3v) is 5.05. The zero-order valence-corrected chi connectivity index (χ0v) is 11.1. The van der Waals surface area contributed by atoms with Gasteiger partial charge in [0, 0.05) is 32.0 Å². The average molecular weight is 250 g/mol. The largest absolute Gasteiger partial charge is 0.356 e. The normalized spacial score (nSPS) is 28.3. The molecule has 1 aliphatic carbocycles. The Kier molecular flexibility index (Phi) is 2.83. The fourth-order valence-electron chi connectivity index (χ4n) is 3.39. The van der Waals surface area contributed by atoms with Crippen molar-refractivity contribution in [1.29, 1.82) is 0 Å². The van der Waals surface area contributed by atoms with Gasteiger partial charge in [-0.05, 0) is 37.0 Å². The highest BCUT2D eigenvalue weighted by molar-refractivity contribution is 5.80. The van der Waals surface area contributed by atoms with E-state index in [1.807, 2.05) is 4.90 Å². The van der Waals surface area contributed by atoms with Crippen LogP contribution >= 0.6 is 0 Å². The van der Waals surface area contributed by atoms with Gasteiger partial charge in [0.05, 0.1) is 0 Å². The molecular weight excluding hydrogens is 228 g/mol. The summed E-state index contributed by atoms with van der Waals surface area (Å²) in [6.07, 6.45) is 5.07. The molecule has 0 aromatic carbocycles. The maximum absolute atomic E-state index is 12.3. The first kappa shape index (κ1) is 12.0. The van der Waals surface area contributed by atoms with Gasteiger partial charge in [0.25, 0.3) is 0 Å². The van der Waals surface area contributed by atoms with Crippen LogP contribution in [-0.2, 0) is 9.59 Å². The predicted octanol–water partition coefficient (Wildman–Crippen LogP) is 1.16. The molecule has 0 aromatic rings. The van der Waals surface area contributed by atoms with Crippen molar-refractivity contribution in [2.75, 3.05) is 19.6 Å². The summed E-state index contributed by atoms with van der Waals surface area (Å²) in [7, 11) is 0. The van der Waals surface area contributed by atoms with Crippen molar-refractivity contribution < 1.29 is 9.59 Å². The Labute approximate surface area is 108 Å². The lowest BCUT2D eigenvalue weighted by Crippen LogP contribution is -2.46. The van der Waals surface area contributed by atoms with Gasteiger partial charge in [0.15, 0.2) is 0 Å². The van der Waals surface area contributed by atoms with Gasteiger partial charge in [-0.15, -0.1) is 0 Å². The molecule has 4 heteroatoms. The van der Waals surface area contributed by atoms with Gasteiger partial charge < -0.3 is 10.2 Å². The number of likely N-dealkylation sites (tertiary alicyclic amines) is 1. The van der Waals surface area contributed by atoms with Gasteiger partial charge in [0.1, 0.15) is 0 Å². The Bertz CT molecular complexity index is 368. The average Bonchev–Trinajstić information content (AvgIpc) is 3.15. The summed E-state index contributed by atoms with van der Waals surface area (Å²) < 4.78 is 0. The smallest absolute Gasteiger partial charge is 0.225 e. The molecule has 0 radical (unpaired) electrons. The van der Waals surface area contributed by atoms with Crippen molar-refractivity contribution >= 4 is 11.8 Å². The minimum absolute atomic E-state index is 0.149. The molecule has 1 N–H and O–H groups in total.